The van der Waals surface area contributed by atoms with E-state index >= 15 is 0 Å². The van der Waals surface area contributed by atoms with Gasteiger partial charge in [-0.1, -0.05) is 189 Å². The van der Waals surface area contributed by atoms with E-state index < -0.39 is 20.0 Å². The average molecular weight is 845 g/mol. The molecule has 59 heavy (non-hydrogen) atoms. The fraction of sp³-hybridized carbons (Fsp3) is 0.700. The van der Waals surface area contributed by atoms with E-state index in [1.165, 1.54) is 70.6 Å². The summed E-state index contributed by atoms with van der Waals surface area (Å²) in [5.41, 5.74) is 0. The predicted octanol–water partition coefficient (Wildman–Crippen LogP) is 12.7. The molecule has 8 nitrogen and oxygen atoms in total. The van der Waals surface area contributed by atoms with Crippen LogP contribution in [0, 0.1) is 0 Å². The van der Waals surface area contributed by atoms with Gasteiger partial charge in [-0.05, 0) is 64.2 Å². The first-order valence-electron chi connectivity index (χ1n) is 23.4. The quantitative estimate of drug-likeness (QED) is 0.0275. The molecule has 1 amide bonds. The van der Waals surface area contributed by atoms with E-state index in [1.54, 1.807) is 0 Å². The molecule has 0 saturated carbocycles. The highest BCUT2D eigenvalue weighted by molar-refractivity contribution is 7.45. The van der Waals surface area contributed by atoms with E-state index in [0.29, 0.717) is 23.9 Å². The number of nitrogens with one attached hydrogen (secondary N) is 1. The fourth-order valence-corrected chi connectivity index (χ4v) is 6.93. The van der Waals surface area contributed by atoms with Gasteiger partial charge in [0, 0.05) is 6.42 Å². The summed E-state index contributed by atoms with van der Waals surface area (Å²) in [6, 6.07) is -0.836. The van der Waals surface area contributed by atoms with Crippen molar-refractivity contribution in [3.8, 4) is 0 Å². The Morgan fingerprint density at radius 1 is 0.610 bits per heavy atom. The molecule has 9 heteroatoms. The number of unbranched alkanes of at least 4 members (excludes halogenated alkanes) is 14. The maximum absolute atomic E-state index is 12.9. The lowest BCUT2D eigenvalue weighted by atomic mass is 10.0. The number of quaternary nitrogens is 1. The number of phosphoric ester groups is 1. The maximum atomic E-state index is 12.9. The Bertz CT molecular complexity index is 1230. The summed E-state index contributed by atoms with van der Waals surface area (Å²) in [7, 11) is 1.25. The van der Waals surface area contributed by atoms with Crippen LogP contribution in [0.25, 0.3) is 0 Å². The summed E-state index contributed by atoms with van der Waals surface area (Å²) < 4.78 is 23.2. The Kier molecular flexibility index (Phi) is 39.4. The highest BCUT2D eigenvalue weighted by Gasteiger charge is 2.24. The first kappa shape index (κ1) is 56.7. The molecule has 0 spiro atoms. The molecular formula is C50H89N2O6P. The molecule has 0 bridgehead atoms. The molecule has 0 aliphatic rings. The normalized spacial score (nSPS) is 15.0. The van der Waals surface area contributed by atoms with Crippen LogP contribution in [0.3, 0.4) is 0 Å². The highest BCUT2D eigenvalue weighted by Crippen LogP contribution is 2.38. The SMILES string of the molecule is CC/C=C\C/C=C\C/C=C\C/C=C\C/C=C\C/C=C\C/C=C\CCCC(=O)NC(COP(=O)([O-])OCC[N+](C)(C)C)C(O)CCCCCCCCCCCCCCCC. The van der Waals surface area contributed by atoms with Gasteiger partial charge in [0.1, 0.15) is 13.2 Å². The van der Waals surface area contributed by atoms with Crippen LogP contribution >= 0.6 is 7.82 Å². The standard InChI is InChI=1S/C50H89N2O6P/c1-6-8-10-12-14-16-18-20-22-23-24-25-26-27-28-29-30-32-34-36-38-40-42-44-50(54)51-48(47-58-59(55,56)57-46-45-52(3,4)5)49(53)43-41-39-37-35-33-31-21-19-17-15-13-11-9-7-2/h8,10,14,16,20,22,24-25,27-28,30,32,36,38,48-49,53H,6-7,9,11-13,15,17-19,21,23,26,29,31,33-35,37,39-47H2,1-5H3,(H-,51,54,55,56)/b10-8-,16-14-,22-20-,25-24-,28-27-,32-30-,38-36-. The smallest absolute Gasteiger partial charge is 0.268 e. The second-order valence-corrected chi connectivity index (χ2v) is 18.1. The molecule has 0 aliphatic carbocycles. The van der Waals surface area contributed by atoms with Crippen molar-refractivity contribution in [2.24, 2.45) is 0 Å². The molecule has 0 aliphatic heterocycles. The number of aliphatic hydroxyl groups is 1. The molecule has 0 aromatic carbocycles. The van der Waals surface area contributed by atoms with Gasteiger partial charge in [-0.25, -0.2) is 0 Å². The van der Waals surface area contributed by atoms with Gasteiger partial charge in [0.05, 0.1) is 39.9 Å². The number of amides is 1. The molecule has 0 radical (unpaired) electrons. The highest BCUT2D eigenvalue weighted by atomic mass is 31.2. The Balaban J connectivity index is 4.46. The summed E-state index contributed by atoms with van der Waals surface area (Å²) in [5.74, 6) is -0.226. The minimum Gasteiger partial charge on any atom is -0.756 e. The number of carbonyl (C=O) groups is 1. The molecule has 0 fully saturated rings. The molecule has 0 aromatic rings. The van der Waals surface area contributed by atoms with Crippen LogP contribution < -0.4 is 10.2 Å². The second kappa shape index (κ2) is 41.1. The van der Waals surface area contributed by atoms with E-state index in [-0.39, 0.29) is 25.5 Å². The van der Waals surface area contributed by atoms with Gasteiger partial charge >= 0.3 is 0 Å². The van der Waals surface area contributed by atoms with Gasteiger partial charge in [0.25, 0.3) is 7.82 Å². The van der Waals surface area contributed by atoms with Gasteiger partial charge in [-0.15, -0.1) is 0 Å². The van der Waals surface area contributed by atoms with E-state index in [0.717, 1.165) is 70.6 Å². The van der Waals surface area contributed by atoms with Crippen LogP contribution in [-0.4, -0.2) is 68.5 Å². The third-order valence-corrected chi connectivity index (χ3v) is 10.9. The Morgan fingerprint density at radius 2 is 1.02 bits per heavy atom. The molecule has 2 N–H and O–H groups in total. The Hall–Kier alpha value is -2.32. The molecule has 0 rings (SSSR count). The van der Waals surface area contributed by atoms with Crippen LogP contribution in [0.15, 0.2) is 85.1 Å². The summed E-state index contributed by atoms with van der Waals surface area (Å²) in [5, 5.41) is 13.9. The number of aliphatic hydroxyl groups excluding tert-OH is 1. The van der Waals surface area contributed by atoms with Gasteiger partial charge < -0.3 is 28.8 Å². The minimum atomic E-state index is -4.59. The summed E-state index contributed by atoms with van der Waals surface area (Å²) in [6.07, 6.45) is 55.9. The lowest BCUT2D eigenvalue weighted by Crippen LogP contribution is -2.46. The molecule has 0 aromatic heterocycles. The van der Waals surface area contributed by atoms with Crippen molar-refractivity contribution in [3.05, 3.63) is 85.1 Å². The summed E-state index contributed by atoms with van der Waals surface area (Å²) in [6.45, 7) is 4.54. The predicted molar refractivity (Wildman–Crippen MR) is 251 cm³/mol. The van der Waals surface area contributed by atoms with E-state index in [4.69, 9.17) is 9.05 Å². The van der Waals surface area contributed by atoms with Crippen molar-refractivity contribution in [3.63, 3.8) is 0 Å². The van der Waals surface area contributed by atoms with E-state index in [9.17, 15) is 19.4 Å². The van der Waals surface area contributed by atoms with Crippen LogP contribution in [-0.2, 0) is 18.4 Å². The van der Waals surface area contributed by atoms with Crippen LogP contribution in [0.5, 0.6) is 0 Å². The van der Waals surface area contributed by atoms with Gasteiger partial charge in [0.15, 0.2) is 0 Å². The number of hydrogen-bond donors (Lipinski definition) is 2. The monoisotopic (exact) mass is 845 g/mol. The zero-order valence-electron chi connectivity index (χ0n) is 38.4. The zero-order chi connectivity index (χ0) is 43.6. The molecule has 0 heterocycles. The number of rotatable bonds is 41. The molecule has 3 atom stereocenters. The van der Waals surface area contributed by atoms with Crippen molar-refractivity contribution in [2.45, 2.75) is 187 Å². The lowest BCUT2D eigenvalue weighted by Gasteiger charge is -2.30. The number of hydrogen-bond acceptors (Lipinski definition) is 6. The maximum Gasteiger partial charge on any atom is 0.268 e. The average Bonchev–Trinajstić information content (AvgIpc) is 3.19. The van der Waals surface area contributed by atoms with E-state index in [1.807, 2.05) is 21.1 Å². The number of carbonyl (C=O) groups excluding carboxylic acids is 1. The van der Waals surface area contributed by atoms with Gasteiger partial charge in [0.2, 0.25) is 5.91 Å². The third-order valence-electron chi connectivity index (χ3n) is 9.90. The van der Waals surface area contributed by atoms with Crippen molar-refractivity contribution < 1.29 is 32.9 Å². The van der Waals surface area contributed by atoms with E-state index in [2.05, 4.69) is 104 Å². The van der Waals surface area contributed by atoms with Crippen molar-refractivity contribution in [1.29, 1.82) is 0 Å². The number of nitrogens with zero attached hydrogens (tertiary/aromatic N) is 1. The van der Waals surface area contributed by atoms with Crippen molar-refractivity contribution in [1.82, 2.24) is 5.32 Å². The lowest BCUT2D eigenvalue weighted by molar-refractivity contribution is -0.870. The fourth-order valence-electron chi connectivity index (χ4n) is 6.20. The first-order chi connectivity index (χ1) is 28.5. The summed E-state index contributed by atoms with van der Waals surface area (Å²) >= 11 is 0. The molecular weight excluding hydrogens is 756 g/mol. The molecule has 3 unspecified atom stereocenters. The van der Waals surface area contributed by atoms with Crippen LogP contribution in [0.2, 0.25) is 0 Å². The Morgan fingerprint density at radius 3 is 1.44 bits per heavy atom. The number of likely N-dealkylation sites (N-methyl/N-ethyl adjacent to an activating group) is 1. The second-order valence-electron chi connectivity index (χ2n) is 16.7. The van der Waals surface area contributed by atoms with Crippen molar-refractivity contribution >= 4 is 13.7 Å². The third kappa shape index (κ3) is 43.6. The van der Waals surface area contributed by atoms with Gasteiger partial charge in [-0.2, -0.15) is 0 Å². The van der Waals surface area contributed by atoms with Crippen molar-refractivity contribution in [2.75, 3.05) is 40.9 Å². The van der Waals surface area contributed by atoms with Gasteiger partial charge in [-0.3, -0.25) is 9.36 Å². The molecule has 0 saturated heterocycles. The van der Waals surface area contributed by atoms with Crippen LogP contribution in [0.1, 0.15) is 174 Å². The van der Waals surface area contributed by atoms with Crippen LogP contribution in [0.4, 0.5) is 0 Å². The number of allylic oxidation sites excluding steroid dienone is 14. The Labute approximate surface area is 363 Å². The largest absolute Gasteiger partial charge is 0.756 e. The first-order valence-corrected chi connectivity index (χ1v) is 24.9. The minimum absolute atomic E-state index is 0.00346. The zero-order valence-corrected chi connectivity index (χ0v) is 39.3. The topological polar surface area (TPSA) is 108 Å². The number of phosphoric acid groups is 1. The summed E-state index contributed by atoms with van der Waals surface area (Å²) in [4.78, 5) is 25.3. The molecule has 340 valence electrons.